The van der Waals surface area contributed by atoms with Gasteiger partial charge in [0.1, 0.15) is 12.2 Å². The summed E-state index contributed by atoms with van der Waals surface area (Å²) in [6, 6.07) is 0. The highest BCUT2D eigenvalue weighted by Crippen LogP contribution is 2.60. The van der Waals surface area contributed by atoms with Gasteiger partial charge in [-0.25, -0.2) is 0 Å². The summed E-state index contributed by atoms with van der Waals surface area (Å²) < 4.78 is 5.63. The van der Waals surface area contributed by atoms with E-state index in [1.165, 1.54) is 37.7 Å². The van der Waals surface area contributed by atoms with Crippen LogP contribution in [0.5, 0.6) is 0 Å². The molecule has 0 aromatic carbocycles. The van der Waals surface area contributed by atoms with Gasteiger partial charge in [0.15, 0.2) is 0 Å². The number of ether oxygens (including phenoxy) is 1. The van der Waals surface area contributed by atoms with Crippen LogP contribution in [0.1, 0.15) is 91.9 Å². The fourth-order valence-electron chi connectivity index (χ4n) is 7.21. The standard InChI is InChI=1S/C30H50O5/c1-20(9-6-15-29(3,4)34)24-13-14-25-22(10-7-16-30(24,25)5)11-12-23-19-26(32)28(27(33)21(23)2)35-18-8-17-31/h11-12,20,24-28,31-34H,2,6-10,13-19H2,1,3-5H3/b22-11+,23-12-/t20-,24?,25+,26-,27-,28-,30-/m1/s1. The summed E-state index contributed by atoms with van der Waals surface area (Å²) >= 11 is 0. The molecule has 3 aliphatic rings. The average Bonchev–Trinajstić information content (AvgIpc) is 3.14. The molecular weight excluding hydrogens is 440 g/mol. The van der Waals surface area contributed by atoms with Crippen molar-refractivity contribution in [1.82, 2.24) is 0 Å². The van der Waals surface area contributed by atoms with Crippen LogP contribution in [0.3, 0.4) is 0 Å². The fraction of sp³-hybridized carbons (Fsp3) is 0.800. The van der Waals surface area contributed by atoms with Crippen LogP contribution < -0.4 is 0 Å². The van der Waals surface area contributed by atoms with Crippen LogP contribution >= 0.6 is 0 Å². The summed E-state index contributed by atoms with van der Waals surface area (Å²) in [5.41, 5.74) is 2.79. The zero-order valence-electron chi connectivity index (χ0n) is 22.5. The first-order chi connectivity index (χ1) is 16.5. The third kappa shape index (κ3) is 6.87. The van der Waals surface area contributed by atoms with Crippen LogP contribution in [-0.4, -0.2) is 57.6 Å². The molecule has 0 amide bonds. The minimum absolute atomic E-state index is 0.0269. The quantitative estimate of drug-likeness (QED) is 0.321. The van der Waals surface area contributed by atoms with E-state index in [0.717, 1.165) is 30.8 Å². The first-order valence-corrected chi connectivity index (χ1v) is 13.9. The molecule has 0 heterocycles. The molecule has 3 aliphatic carbocycles. The van der Waals surface area contributed by atoms with Gasteiger partial charge in [-0.1, -0.05) is 51.0 Å². The minimum Gasteiger partial charge on any atom is -0.396 e. The second-order valence-corrected chi connectivity index (χ2v) is 12.4. The Bertz CT molecular complexity index is 778. The third-order valence-electron chi connectivity index (χ3n) is 9.17. The normalized spacial score (nSPS) is 37.1. The average molecular weight is 491 g/mol. The summed E-state index contributed by atoms with van der Waals surface area (Å²) in [5.74, 6) is 1.98. The summed E-state index contributed by atoms with van der Waals surface area (Å²) in [7, 11) is 0. The number of hydrogen-bond acceptors (Lipinski definition) is 5. The largest absolute Gasteiger partial charge is 0.396 e. The van der Waals surface area contributed by atoms with E-state index in [0.29, 0.717) is 42.3 Å². The van der Waals surface area contributed by atoms with Crippen molar-refractivity contribution >= 4 is 0 Å². The van der Waals surface area contributed by atoms with Crippen LogP contribution in [0.4, 0.5) is 0 Å². The van der Waals surface area contributed by atoms with Crippen molar-refractivity contribution in [2.24, 2.45) is 23.2 Å². The molecule has 7 atom stereocenters. The molecule has 1 unspecified atom stereocenters. The molecule has 3 fully saturated rings. The molecule has 0 aromatic heterocycles. The number of allylic oxidation sites excluding steroid dienone is 3. The van der Waals surface area contributed by atoms with Crippen molar-refractivity contribution in [3.05, 3.63) is 35.5 Å². The molecule has 0 saturated heterocycles. The van der Waals surface area contributed by atoms with Gasteiger partial charge in [0.25, 0.3) is 0 Å². The number of rotatable bonds is 10. The highest BCUT2D eigenvalue weighted by Gasteiger charge is 2.50. The van der Waals surface area contributed by atoms with Crippen molar-refractivity contribution in [2.45, 2.75) is 116 Å². The highest BCUT2D eigenvalue weighted by molar-refractivity contribution is 5.40. The predicted octanol–water partition coefficient (Wildman–Crippen LogP) is 5.08. The van der Waals surface area contributed by atoms with E-state index in [1.807, 2.05) is 13.8 Å². The molecule has 5 nitrogen and oxygen atoms in total. The van der Waals surface area contributed by atoms with Crippen molar-refractivity contribution in [3.63, 3.8) is 0 Å². The Morgan fingerprint density at radius 3 is 2.63 bits per heavy atom. The molecule has 3 saturated carbocycles. The molecule has 3 rings (SSSR count). The second kappa shape index (κ2) is 12.0. The van der Waals surface area contributed by atoms with E-state index >= 15 is 0 Å². The van der Waals surface area contributed by atoms with Gasteiger partial charge in [-0.05, 0) is 93.1 Å². The van der Waals surface area contributed by atoms with Gasteiger partial charge in [0, 0.05) is 19.6 Å². The van der Waals surface area contributed by atoms with Crippen LogP contribution in [-0.2, 0) is 4.74 Å². The number of hydrogen-bond donors (Lipinski definition) is 4. The van der Waals surface area contributed by atoms with Crippen LogP contribution in [0.2, 0.25) is 0 Å². The monoisotopic (exact) mass is 490 g/mol. The topological polar surface area (TPSA) is 90.2 Å². The summed E-state index contributed by atoms with van der Waals surface area (Å²) in [5, 5.41) is 40.4. The third-order valence-corrected chi connectivity index (χ3v) is 9.17. The van der Waals surface area contributed by atoms with Crippen LogP contribution in [0, 0.1) is 23.2 Å². The molecule has 5 heteroatoms. The van der Waals surface area contributed by atoms with Gasteiger partial charge in [-0.2, -0.15) is 0 Å². The smallest absolute Gasteiger partial charge is 0.114 e. The van der Waals surface area contributed by atoms with Gasteiger partial charge in [0.05, 0.1) is 11.7 Å². The van der Waals surface area contributed by atoms with E-state index in [1.54, 1.807) is 0 Å². The van der Waals surface area contributed by atoms with Crippen molar-refractivity contribution in [1.29, 1.82) is 0 Å². The molecular formula is C30H50O5. The molecule has 0 aliphatic heterocycles. The van der Waals surface area contributed by atoms with E-state index in [9.17, 15) is 15.3 Å². The van der Waals surface area contributed by atoms with E-state index in [-0.39, 0.29) is 6.61 Å². The summed E-state index contributed by atoms with van der Waals surface area (Å²) in [4.78, 5) is 0. The second-order valence-electron chi connectivity index (χ2n) is 12.4. The number of aliphatic hydroxyl groups is 4. The Labute approximate surface area is 213 Å². The lowest BCUT2D eigenvalue weighted by molar-refractivity contribution is -0.0968. The maximum Gasteiger partial charge on any atom is 0.114 e. The van der Waals surface area contributed by atoms with Crippen molar-refractivity contribution < 1.29 is 25.2 Å². The first-order valence-electron chi connectivity index (χ1n) is 13.9. The lowest BCUT2D eigenvalue weighted by Gasteiger charge is -2.44. The first kappa shape index (κ1) is 28.6. The summed E-state index contributed by atoms with van der Waals surface area (Å²) in [6.07, 6.45) is 12.1. The SMILES string of the molecule is C=C1/C(=C\C=C2/CCC[C@]3(C)C([C@H](C)CCCC(C)(C)O)CC[C@@H]23)C[C@@H](O)[C@@H](OCCCO)[C@@H]1O. The van der Waals surface area contributed by atoms with Crippen LogP contribution in [0.25, 0.3) is 0 Å². The van der Waals surface area contributed by atoms with Gasteiger partial charge in [0.2, 0.25) is 0 Å². The molecule has 0 spiro atoms. The van der Waals surface area contributed by atoms with Crippen molar-refractivity contribution in [2.75, 3.05) is 13.2 Å². The lowest BCUT2D eigenvalue weighted by Crippen LogP contribution is -2.45. The lowest BCUT2D eigenvalue weighted by atomic mass is 9.60. The highest BCUT2D eigenvalue weighted by atomic mass is 16.5. The van der Waals surface area contributed by atoms with Gasteiger partial charge < -0.3 is 25.2 Å². The van der Waals surface area contributed by atoms with E-state index in [2.05, 4.69) is 32.6 Å². The molecule has 35 heavy (non-hydrogen) atoms. The molecule has 0 bridgehead atoms. The van der Waals surface area contributed by atoms with Crippen LogP contribution in [0.15, 0.2) is 35.5 Å². The van der Waals surface area contributed by atoms with E-state index in [4.69, 9.17) is 9.84 Å². The zero-order chi connectivity index (χ0) is 25.8. The zero-order valence-corrected chi connectivity index (χ0v) is 22.5. The molecule has 0 radical (unpaired) electrons. The molecule has 4 N–H and O–H groups in total. The Morgan fingerprint density at radius 2 is 1.94 bits per heavy atom. The number of aliphatic hydroxyl groups excluding tert-OH is 3. The van der Waals surface area contributed by atoms with Gasteiger partial charge in [-0.3, -0.25) is 0 Å². The fourth-order valence-corrected chi connectivity index (χ4v) is 7.21. The number of fused-ring (bicyclic) bond motifs is 1. The molecule has 200 valence electrons. The Balaban J connectivity index is 1.67. The van der Waals surface area contributed by atoms with Gasteiger partial charge >= 0.3 is 0 Å². The van der Waals surface area contributed by atoms with Gasteiger partial charge in [-0.15, -0.1) is 0 Å². The molecule has 0 aromatic rings. The maximum atomic E-state index is 10.7. The van der Waals surface area contributed by atoms with Crippen molar-refractivity contribution in [3.8, 4) is 0 Å². The summed E-state index contributed by atoms with van der Waals surface area (Å²) in [6.45, 7) is 13.2. The maximum absolute atomic E-state index is 10.7. The minimum atomic E-state index is -0.931. The Hall–Kier alpha value is -0.980. The predicted molar refractivity (Wildman–Crippen MR) is 141 cm³/mol. The Morgan fingerprint density at radius 1 is 1.20 bits per heavy atom. The van der Waals surface area contributed by atoms with E-state index < -0.39 is 23.9 Å². The Kier molecular flexibility index (Phi) is 9.84.